The van der Waals surface area contributed by atoms with Gasteiger partial charge < -0.3 is 14.6 Å². The maximum Gasteiger partial charge on any atom is 0.164 e. The SMILES string of the molecule is CC(=O)c1c(-c2ccc(O)cc2)oc2cc(O)ccc12. The number of Topliss-reactive ketones (excluding diaryl/α,β-unsaturated/α-hetero) is 1. The second kappa shape index (κ2) is 4.42. The predicted octanol–water partition coefficient (Wildman–Crippen LogP) is 3.71. The van der Waals surface area contributed by atoms with Crippen molar-refractivity contribution in [3.8, 4) is 22.8 Å². The van der Waals surface area contributed by atoms with Gasteiger partial charge in [0.25, 0.3) is 0 Å². The molecule has 0 bridgehead atoms. The summed E-state index contributed by atoms with van der Waals surface area (Å²) in [7, 11) is 0. The zero-order valence-electron chi connectivity index (χ0n) is 10.8. The summed E-state index contributed by atoms with van der Waals surface area (Å²) in [6.07, 6.45) is 0. The molecular formula is C16H12O4. The summed E-state index contributed by atoms with van der Waals surface area (Å²) in [5.41, 5.74) is 1.63. The Labute approximate surface area is 114 Å². The highest BCUT2D eigenvalue weighted by molar-refractivity contribution is 6.11. The number of phenols is 2. The van der Waals surface area contributed by atoms with E-state index in [4.69, 9.17) is 4.42 Å². The Hall–Kier alpha value is -2.75. The van der Waals surface area contributed by atoms with Crippen LogP contribution in [0.15, 0.2) is 46.9 Å². The predicted molar refractivity (Wildman–Crippen MR) is 75.0 cm³/mol. The first-order valence-corrected chi connectivity index (χ1v) is 6.12. The van der Waals surface area contributed by atoms with Crippen LogP contribution in [0.3, 0.4) is 0 Å². The highest BCUT2D eigenvalue weighted by Crippen LogP contribution is 2.35. The van der Waals surface area contributed by atoms with Gasteiger partial charge in [0, 0.05) is 17.0 Å². The lowest BCUT2D eigenvalue weighted by atomic mass is 10.0. The van der Waals surface area contributed by atoms with Gasteiger partial charge in [-0.3, -0.25) is 4.79 Å². The summed E-state index contributed by atoms with van der Waals surface area (Å²) in [6.45, 7) is 1.47. The van der Waals surface area contributed by atoms with Crippen molar-refractivity contribution >= 4 is 16.8 Å². The largest absolute Gasteiger partial charge is 0.508 e. The molecule has 1 aromatic heterocycles. The summed E-state index contributed by atoms with van der Waals surface area (Å²) in [5.74, 6) is 0.557. The number of rotatable bonds is 2. The van der Waals surface area contributed by atoms with E-state index in [0.717, 1.165) is 0 Å². The molecule has 4 heteroatoms. The molecule has 2 aromatic carbocycles. The number of aromatic hydroxyl groups is 2. The molecule has 0 saturated carbocycles. The van der Waals surface area contributed by atoms with Crippen LogP contribution in [0.4, 0.5) is 0 Å². The molecular weight excluding hydrogens is 256 g/mol. The Morgan fingerprint density at radius 2 is 1.65 bits per heavy atom. The van der Waals surface area contributed by atoms with Gasteiger partial charge in [0.2, 0.25) is 0 Å². The molecule has 100 valence electrons. The molecule has 0 spiro atoms. The van der Waals surface area contributed by atoms with Crippen molar-refractivity contribution < 1.29 is 19.4 Å². The van der Waals surface area contributed by atoms with Gasteiger partial charge in [0.05, 0.1) is 5.56 Å². The second-order valence-corrected chi connectivity index (χ2v) is 4.59. The Morgan fingerprint density at radius 1 is 1.00 bits per heavy atom. The Bertz CT molecular complexity index is 797. The van der Waals surface area contributed by atoms with Crippen LogP contribution in [-0.2, 0) is 0 Å². The topological polar surface area (TPSA) is 70.7 Å². The van der Waals surface area contributed by atoms with E-state index in [1.807, 2.05) is 0 Å². The lowest BCUT2D eigenvalue weighted by Crippen LogP contribution is -1.92. The van der Waals surface area contributed by atoms with Crippen LogP contribution in [0.2, 0.25) is 0 Å². The summed E-state index contributed by atoms with van der Waals surface area (Å²) in [4.78, 5) is 11.9. The third-order valence-electron chi connectivity index (χ3n) is 3.16. The Kier molecular flexibility index (Phi) is 2.71. The Morgan fingerprint density at radius 3 is 2.30 bits per heavy atom. The minimum atomic E-state index is -0.113. The zero-order chi connectivity index (χ0) is 14.3. The minimum absolute atomic E-state index is 0.0820. The molecule has 0 fully saturated rings. The van der Waals surface area contributed by atoms with E-state index in [2.05, 4.69) is 0 Å². The number of phenolic OH excluding ortho intramolecular Hbond substituents is 2. The first-order valence-electron chi connectivity index (χ1n) is 6.12. The van der Waals surface area contributed by atoms with Gasteiger partial charge in [-0.2, -0.15) is 0 Å². The number of benzene rings is 2. The molecule has 0 saturated heterocycles. The number of furan rings is 1. The van der Waals surface area contributed by atoms with E-state index in [9.17, 15) is 15.0 Å². The fourth-order valence-electron chi connectivity index (χ4n) is 2.25. The third-order valence-corrected chi connectivity index (χ3v) is 3.16. The van der Waals surface area contributed by atoms with Gasteiger partial charge in [-0.25, -0.2) is 0 Å². The van der Waals surface area contributed by atoms with E-state index in [1.54, 1.807) is 18.2 Å². The number of ketones is 1. The second-order valence-electron chi connectivity index (χ2n) is 4.59. The summed E-state index contributed by atoms with van der Waals surface area (Å²) >= 11 is 0. The molecule has 2 N–H and O–H groups in total. The lowest BCUT2D eigenvalue weighted by molar-refractivity contribution is 0.101. The molecule has 0 amide bonds. The van der Waals surface area contributed by atoms with E-state index in [-0.39, 0.29) is 17.3 Å². The molecule has 0 unspecified atom stereocenters. The van der Waals surface area contributed by atoms with Crippen LogP contribution >= 0.6 is 0 Å². The molecule has 0 aliphatic heterocycles. The van der Waals surface area contributed by atoms with Gasteiger partial charge in [-0.15, -0.1) is 0 Å². The normalized spacial score (nSPS) is 10.8. The van der Waals surface area contributed by atoms with Crippen LogP contribution in [0, 0.1) is 0 Å². The first kappa shape index (κ1) is 12.3. The van der Waals surface area contributed by atoms with E-state index >= 15 is 0 Å². The van der Waals surface area contributed by atoms with Crippen LogP contribution in [0.5, 0.6) is 11.5 Å². The van der Waals surface area contributed by atoms with Crippen molar-refractivity contribution in [2.75, 3.05) is 0 Å². The Balaban J connectivity index is 2.31. The fraction of sp³-hybridized carbons (Fsp3) is 0.0625. The van der Waals surface area contributed by atoms with E-state index < -0.39 is 0 Å². The molecule has 20 heavy (non-hydrogen) atoms. The van der Waals surface area contributed by atoms with Crippen molar-refractivity contribution in [3.63, 3.8) is 0 Å². The molecule has 0 atom stereocenters. The van der Waals surface area contributed by atoms with Gasteiger partial charge in [0.1, 0.15) is 22.8 Å². The number of carbonyl (C=O) groups excluding carboxylic acids is 1. The molecule has 4 nitrogen and oxygen atoms in total. The fourth-order valence-corrected chi connectivity index (χ4v) is 2.25. The van der Waals surface area contributed by atoms with Crippen LogP contribution in [0.25, 0.3) is 22.3 Å². The third kappa shape index (κ3) is 1.91. The standard InChI is InChI=1S/C16H12O4/c1-9(17)15-13-7-6-12(19)8-14(13)20-16(15)10-2-4-11(18)5-3-10/h2-8,18-19H,1H3. The smallest absolute Gasteiger partial charge is 0.164 e. The summed E-state index contributed by atoms with van der Waals surface area (Å²) < 4.78 is 5.70. The number of carbonyl (C=O) groups is 1. The van der Waals surface area contributed by atoms with Crippen molar-refractivity contribution in [1.82, 2.24) is 0 Å². The van der Waals surface area contributed by atoms with Crippen molar-refractivity contribution in [2.45, 2.75) is 6.92 Å². The van der Waals surface area contributed by atoms with E-state index in [1.165, 1.54) is 31.2 Å². The molecule has 0 aliphatic carbocycles. The summed E-state index contributed by atoms with van der Waals surface area (Å²) in [6, 6.07) is 11.1. The molecule has 0 radical (unpaired) electrons. The lowest BCUT2D eigenvalue weighted by Gasteiger charge is -2.00. The maximum absolute atomic E-state index is 11.9. The monoisotopic (exact) mass is 268 g/mol. The highest BCUT2D eigenvalue weighted by atomic mass is 16.3. The molecule has 1 heterocycles. The minimum Gasteiger partial charge on any atom is -0.508 e. The molecule has 3 rings (SSSR count). The van der Waals surface area contributed by atoms with Gasteiger partial charge in [0.15, 0.2) is 5.78 Å². The van der Waals surface area contributed by atoms with Gasteiger partial charge in [-0.05, 0) is 43.3 Å². The van der Waals surface area contributed by atoms with Crippen molar-refractivity contribution in [1.29, 1.82) is 0 Å². The zero-order valence-corrected chi connectivity index (χ0v) is 10.8. The van der Waals surface area contributed by atoms with Gasteiger partial charge in [-0.1, -0.05) is 0 Å². The average Bonchev–Trinajstić information content (AvgIpc) is 2.77. The van der Waals surface area contributed by atoms with Crippen LogP contribution < -0.4 is 0 Å². The van der Waals surface area contributed by atoms with Crippen molar-refractivity contribution in [2.24, 2.45) is 0 Å². The average molecular weight is 268 g/mol. The molecule has 3 aromatic rings. The van der Waals surface area contributed by atoms with Crippen LogP contribution in [0.1, 0.15) is 17.3 Å². The van der Waals surface area contributed by atoms with Crippen LogP contribution in [-0.4, -0.2) is 16.0 Å². The highest BCUT2D eigenvalue weighted by Gasteiger charge is 2.19. The number of hydrogen-bond acceptors (Lipinski definition) is 4. The van der Waals surface area contributed by atoms with Crippen molar-refractivity contribution in [3.05, 3.63) is 48.0 Å². The number of fused-ring (bicyclic) bond motifs is 1. The quantitative estimate of drug-likeness (QED) is 0.695. The number of hydrogen-bond donors (Lipinski definition) is 2. The maximum atomic E-state index is 11.9. The summed E-state index contributed by atoms with van der Waals surface area (Å²) in [5, 5.41) is 19.5. The molecule has 0 aliphatic rings. The first-order chi connectivity index (χ1) is 9.56. The van der Waals surface area contributed by atoms with E-state index in [0.29, 0.717) is 27.9 Å². The van der Waals surface area contributed by atoms with Gasteiger partial charge >= 0.3 is 0 Å².